The van der Waals surface area contributed by atoms with Crippen LogP contribution in [0.15, 0.2) is 42.6 Å². The molecule has 0 N–H and O–H groups in total. The fourth-order valence-corrected chi connectivity index (χ4v) is 3.50. The van der Waals surface area contributed by atoms with Crippen LogP contribution in [0.25, 0.3) is 22.4 Å². The fourth-order valence-electron chi connectivity index (χ4n) is 3.50. The first-order chi connectivity index (χ1) is 12.8. The van der Waals surface area contributed by atoms with Crippen LogP contribution in [0.3, 0.4) is 0 Å². The maximum atomic E-state index is 14.3. The van der Waals surface area contributed by atoms with Crippen molar-refractivity contribution in [1.29, 1.82) is 0 Å². The molecule has 0 atom stereocenters. The van der Waals surface area contributed by atoms with Gasteiger partial charge in [0, 0.05) is 43.9 Å². The van der Waals surface area contributed by atoms with Crippen LogP contribution in [0, 0.1) is 11.9 Å². The van der Waals surface area contributed by atoms with E-state index in [1.54, 1.807) is 6.07 Å². The van der Waals surface area contributed by atoms with E-state index in [0.717, 1.165) is 22.4 Å². The van der Waals surface area contributed by atoms with Crippen LogP contribution in [-0.4, -0.2) is 9.78 Å². The Bertz CT molecular complexity index is 915. The molecule has 0 bridgehead atoms. The third kappa shape index (κ3) is 4.45. The number of hydrogen-bond acceptors (Lipinski definition) is 1. The zero-order valence-electron chi connectivity index (χ0n) is 17.4. The van der Waals surface area contributed by atoms with Crippen LogP contribution < -0.4 is 0 Å². The van der Waals surface area contributed by atoms with E-state index in [-0.39, 0.29) is 32.0 Å². The van der Waals surface area contributed by atoms with Crippen molar-refractivity contribution in [2.75, 3.05) is 0 Å². The third-order valence-corrected chi connectivity index (χ3v) is 4.94. The third-order valence-electron chi connectivity index (χ3n) is 4.94. The maximum Gasteiger partial charge on any atom is 0.0453 e. The van der Waals surface area contributed by atoms with Gasteiger partial charge in [-0.1, -0.05) is 63.1 Å². The number of hydrogen-bond donors (Lipinski definition) is 0. The summed E-state index contributed by atoms with van der Waals surface area (Å²) in [4.78, 5) is 0. The van der Waals surface area contributed by atoms with E-state index in [1.165, 1.54) is 17.2 Å². The van der Waals surface area contributed by atoms with Gasteiger partial charge in [-0.05, 0) is 36.8 Å². The Morgan fingerprint density at radius 3 is 2.07 bits per heavy atom. The Morgan fingerprint density at radius 1 is 0.964 bits per heavy atom. The SMILES string of the molecule is CC(C)c1cccc(C(C)C)c1-c1cc(F)c[c-]c1-c1ccn(C(C)C)n1.[Ir]. The van der Waals surface area contributed by atoms with Gasteiger partial charge in [-0.25, -0.2) is 5.10 Å². The molecule has 0 unspecified atom stereocenters. The van der Waals surface area contributed by atoms with Crippen molar-refractivity contribution in [2.24, 2.45) is 0 Å². The first kappa shape index (κ1) is 22.5. The molecule has 151 valence electrons. The molecule has 0 spiro atoms. The van der Waals surface area contributed by atoms with E-state index in [0.29, 0.717) is 11.8 Å². The van der Waals surface area contributed by atoms with Crippen LogP contribution in [0.1, 0.15) is 70.5 Å². The molecular weight excluding hydrogens is 527 g/mol. The van der Waals surface area contributed by atoms with Crippen molar-refractivity contribution in [3.05, 3.63) is 65.6 Å². The number of nitrogens with zero attached hydrogens (tertiary/aromatic N) is 2. The summed E-state index contributed by atoms with van der Waals surface area (Å²) in [6.45, 7) is 12.9. The quantitative estimate of drug-likeness (QED) is 0.311. The summed E-state index contributed by atoms with van der Waals surface area (Å²) in [6, 6.07) is 14.8. The number of rotatable bonds is 5. The van der Waals surface area contributed by atoms with E-state index in [9.17, 15) is 4.39 Å². The number of halogens is 1. The molecule has 3 aromatic rings. The molecule has 0 aliphatic heterocycles. The van der Waals surface area contributed by atoms with Gasteiger partial charge in [-0.2, -0.15) is 0 Å². The van der Waals surface area contributed by atoms with Gasteiger partial charge in [-0.3, -0.25) is 9.07 Å². The van der Waals surface area contributed by atoms with E-state index in [2.05, 4.69) is 65.8 Å². The van der Waals surface area contributed by atoms with Crippen LogP contribution in [0.2, 0.25) is 0 Å². The standard InChI is InChI=1S/C24H28FN2.Ir/c1-15(2)19-8-7-9-20(16(3)4)24(19)22-14-18(25)10-11-21(22)23-12-13-27(26-23)17(5)6;/h7-10,12-17H,1-6H3;/q-1;. The molecule has 4 heteroatoms. The summed E-state index contributed by atoms with van der Waals surface area (Å²) in [5.74, 6) is 0.399. The van der Waals surface area contributed by atoms with Crippen molar-refractivity contribution in [3.63, 3.8) is 0 Å². The number of aromatic nitrogens is 2. The van der Waals surface area contributed by atoms with Crippen LogP contribution in [0.4, 0.5) is 4.39 Å². The van der Waals surface area contributed by atoms with E-state index in [1.807, 2.05) is 16.9 Å². The predicted octanol–water partition coefficient (Wildman–Crippen LogP) is 6.98. The summed E-state index contributed by atoms with van der Waals surface area (Å²) in [6.07, 6.45) is 1.97. The predicted molar refractivity (Wildman–Crippen MR) is 110 cm³/mol. The van der Waals surface area contributed by atoms with Gasteiger partial charge in [0.05, 0.1) is 0 Å². The molecule has 2 aromatic carbocycles. The molecule has 1 aromatic heterocycles. The van der Waals surface area contributed by atoms with Gasteiger partial charge in [0.1, 0.15) is 0 Å². The molecule has 2 nitrogen and oxygen atoms in total. The second-order valence-electron chi connectivity index (χ2n) is 8.00. The Morgan fingerprint density at radius 2 is 1.57 bits per heavy atom. The summed E-state index contributed by atoms with van der Waals surface area (Å²) in [5, 5.41) is 4.71. The molecule has 28 heavy (non-hydrogen) atoms. The fraction of sp³-hybridized carbons (Fsp3) is 0.375. The van der Waals surface area contributed by atoms with Crippen molar-refractivity contribution >= 4 is 0 Å². The largest absolute Gasteiger partial charge is 0.280 e. The van der Waals surface area contributed by atoms with Crippen LogP contribution in [0.5, 0.6) is 0 Å². The summed E-state index contributed by atoms with van der Waals surface area (Å²) >= 11 is 0. The first-order valence-electron chi connectivity index (χ1n) is 9.69. The maximum absolute atomic E-state index is 14.3. The van der Waals surface area contributed by atoms with Gasteiger partial charge < -0.3 is 0 Å². The molecule has 1 radical (unpaired) electrons. The molecule has 0 saturated heterocycles. The van der Waals surface area contributed by atoms with Gasteiger partial charge in [0.2, 0.25) is 0 Å². The summed E-state index contributed by atoms with van der Waals surface area (Å²) in [5.41, 5.74) is 6.12. The van der Waals surface area contributed by atoms with Gasteiger partial charge >= 0.3 is 0 Å². The van der Waals surface area contributed by atoms with Gasteiger partial charge in [0.15, 0.2) is 0 Å². The normalized spacial score (nSPS) is 11.4. The second-order valence-corrected chi connectivity index (χ2v) is 8.00. The summed E-state index contributed by atoms with van der Waals surface area (Å²) < 4.78 is 16.2. The van der Waals surface area contributed by atoms with Crippen molar-refractivity contribution in [1.82, 2.24) is 9.78 Å². The molecule has 0 saturated carbocycles. The van der Waals surface area contributed by atoms with E-state index >= 15 is 0 Å². The smallest absolute Gasteiger partial charge is 0.0453 e. The zero-order chi connectivity index (χ0) is 19.7. The second kappa shape index (κ2) is 9.15. The molecule has 0 aliphatic carbocycles. The minimum atomic E-state index is -0.273. The Kier molecular flexibility index (Phi) is 7.36. The first-order valence-corrected chi connectivity index (χ1v) is 9.69. The molecule has 1 heterocycles. The monoisotopic (exact) mass is 556 g/mol. The molecule has 0 amide bonds. The topological polar surface area (TPSA) is 17.8 Å². The van der Waals surface area contributed by atoms with Gasteiger partial charge in [-0.15, -0.1) is 23.8 Å². The van der Waals surface area contributed by atoms with Crippen LogP contribution in [-0.2, 0) is 20.1 Å². The van der Waals surface area contributed by atoms with Crippen molar-refractivity contribution in [3.8, 4) is 22.4 Å². The average molecular weight is 556 g/mol. The molecule has 3 rings (SSSR count). The minimum absolute atomic E-state index is 0. The average Bonchev–Trinajstić information content (AvgIpc) is 3.11. The van der Waals surface area contributed by atoms with Gasteiger partial charge in [0.25, 0.3) is 0 Å². The zero-order valence-corrected chi connectivity index (χ0v) is 19.8. The Hall–Kier alpha value is -1.77. The van der Waals surface area contributed by atoms with E-state index < -0.39 is 0 Å². The Balaban J connectivity index is 0.00000280. The molecular formula is C24H28FIrN2-. The minimum Gasteiger partial charge on any atom is -0.280 e. The van der Waals surface area contributed by atoms with E-state index in [4.69, 9.17) is 5.10 Å². The molecule has 0 fully saturated rings. The van der Waals surface area contributed by atoms with Crippen LogP contribution >= 0.6 is 0 Å². The van der Waals surface area contributed by atoms with Crippen molar-refractivity contribution in [2.45, 2.75) is 59.4 Å². The summed E-state index contributed by atoms with van der Waals surface area (Å²) in [7, 11) is 0. The Labute approximate surface area is 181 Å². The molecule has 0 aliphatic rings. The van der Waals surface area contributed by atoms with Crippen molar-refractivity contribution < 1.29 is 24.5 Å². The number of benzene rings is 2.